The average Bonchev–Trinajstić information content (AvgIpc) is 2.73. The van der Waals surface area contributed by atoms with Gasteiger partial charge in [-0.3, -0.25) is 4.79 Å². The van der Waals surface area contributed by atoms with Crippen molar-refractivity contribution in [3.8, 4) is 0 Å². The first-order valence-electron chi connectivity index (χ1n) is 4.70. The van der Waals surface area contributed by atoms with Gasteiger partial charge in [-0.25, -0.2) is 0 Å². The molecule has 0 N–H and O–H groups in total. The van der Waals surface area contributed by atoms with Crippen LogP contribution < -0.4 is 0 Å². The highest BCUT2D eigenvalue weighted by Gasteiger charge is 2.00. The Morgan fingerprint density at radius 2 is 2.19 bits per heavy atom. The third kappa shape index (κ3) is 3.11. The highest BCUT2D eigenvalue weighted by Crippen LogP contribution is 2.29. The van der Waals surface area contributed by atoms with E-state index < -0.39 is 0 Å². The molecular weight excluding hydrogens is 260 g/mol. The monoisotopic (exact) mass is 268 g/mol. The molecular formula is C12H9ClOS2. The fourth-order valence-electron chi connectivity index (χ4n) is 1.26. The van der Waals surface area contributed by atoms with Crippen LogP contribution in [0.5, 0.6) is 0 Å². The molecule has 0 saturated carbocycles. The Bertz CT molecular complexity index is 493. The van der Waals surface area contributed by atoms with Crippen LogP contribution in [0.1, 0.15) is 15.2 Å². The zero-order chi connectivity index (χ0) is 11.4. The van der Waals surface area contributed by atoms with Crippen molar-refractivity contribution in [2.75, 3.05) is 0 Å². The molecule has 0 aliphatic heterocycles. The molecule has 0 amide bonds. The largest absolute Gasteiger partial charge is 0.298 e. The Balaban J connectivity index is 2.01. The van der Waals surface area contributed by atoms with Crippen LogP contribution in [0, 0.1) is 0 Å². The predicted molar refractivity (Wildman–Crippen MR) is 70.7 cm³/mol. The molecule has 1 aromatic heterocycles. The molecule has 1 nitrogen and oxygen atoms in total. The van der Waals surface area contributed by atoms with Crippen molar-refractivity contribution in [1.29, 1.82) is 0 Å². The van der Waals surface area contributed by atoms with Crippen LogP contribution in [0.25, 0.3) is 0 Å². The van der Waals surface area contributed by atoms with E-state index in [-0.39, 0.29) is 0 Å². The first kappa shape index (κ1) is 11.7. The summed E-state index contributed by atoms with van der Waals surface area (Å²) < 4.78 is 0.817. The van der Waals surface area contributed by atoms with Crippen molar-refractivity contribution in [3.05, 3.63) is 51.2 Å². The van der Waals surface area contributed by atoms with Gasteiger partial charge in [0.2, 0.25) is 0 Å². The predicted octanol–water partition coefficient (Wildman–Crippen LogP) is 4.51. The number of thiophene rings is 1. The third-order valence-corrected chi connectivity index (χ3v) is 4.46. The molecule has 4 heteroatoms. The molecule has 0 fully saturated rings. The SMILES string of the molecule is O=Cc1cccc(SCc2ccc(Cl)s2)c1. The summed E-state index contributed by atoms with van der Waals surface area (Å²) in [4.78, 5) is 13.0. The fourth-order valence-corrected chi connectivity index (χ4v) is 3.36. The van der Waals surface area contributed by atoms with Gasteiger partial charge in [0.1, 0.15) is 6.29 Å². The van der Waals surface area contributed by atoms with E-state index in [2.05, 4.69) is 0 Å². The normalized spacial score (nSPS) is 10.3. The van der Waals surface area contributed by atoms with Crippen molar-refractivity contribution in [1.82, 2.24) is 0 Å². The summed E-state index contributed by atoms with van der Waals surface area (Å²) in [6.45, 7) is 0. The van der Waals surface area contributed by atoms with E-state index in [4.69, 9.17) is 11.6 Å². The number of thioether (sulfide) groups is 1. The maximum absolute atomic E-state index is 10.6. The van der Waals surface area contributed by atoms with Gasteiger partial charge in [-0.1, -0.05) is 23.7 Å². The lowest BCUT2D eigenvalue weighted by Gasteiger charge is -2.00. The number of carbonyl (C=O) groups is 1. The van der Waals surface area contributed by atoms with Crippen molar-refractivity contribution in [2.45, 2.75) is 10.6 Å². The minimum atomic E-state index is 0.717. The number of hydrogen-bond donors (Lipinski definition) is 0. The van der Waals surface area contributed by atoms with E-state index in [9.17, 15) is 4.79 Å². The number of halogens is 1. The lowest BCUT2D eigenvalue weighted by molar-refractivity contribution is 0.112. The smallest absolute Gasteiger partial charge is 0.150 e. The van der Waals surface area contributed by atoms with Crippen molar-refractivity contribution >= 4 is 41.0 Å². The third-order valence-electron chi connectivity index (χ3n) is 2.00. The van der Waals surface area contributed by atoms with E-state index in [0.29, 0.717) is 5.56 Å². The fraction of sp³-hybridized carbons (Fsp3) is 0.0833. The van der Waals surface area contributed by atoms with Gasteiger partial charge < -0.3 is 0 Å². The van der Waals surface area contributed by atoms with Gasteiger partial charge in [-0.2, -0.15) is 0 Å². The molecule has 0 atom stereocenters. The molecule has 0 unspecified atom stereocenters. The second-order valence-corrected chi connectivity index (χ2v) is 6.03. The summed E-state index contributed by atoms with van der Waals surface area (Å²) in [7, 11) is 0. The summed E-state index contributed by atoms with van der Waals surface area (Å²) in [6.07, 6.45) is 0.867. The lowest BCUT2D eigenvalue weighted by Crippen LogP contribution is -1.80. The summed E-state index contributed by atoms with van der Waals surface area (Å²) in [5.41, 5.74) is 0.717. The van der Waals surface area contributed by atoms with E-state index >= 15 is 0 Å². The molecule has 0 bridgehead atoms. The topological polar surface area (TPSA) is 17.1 Å². The molecule has 82 valence electrons. The first-order valence-corrected chi connectivity index (χ1v) is 6.88. The van der Waals surface area contributed by atoms with Crippen molar-refractivity contribution in [3.63, 3.8) is 0 Å². The zero-order valence-corrected chi connectivity index (χ0v) is 10.7. The minimum Gasteiger partial charge on any atom is -0.298 e. The van der Waals surface area contributed by atoms with Gasteiger partial charge >= 0.3 is 0 Å². The number of benzene rings is 1. The molecule has 2 aromatic rings. The Morgan fingerprint density at radius 1 is 1.31 bits per heavy atom. The molecule has 2 rings (SSSR count). The van der Waals surface area contributed by atoms with Gasteiger partial charge in [-0.05, 0) is 24.3 Å². The van der Waals surface area contributed by atoms with Crippen LogP contribution in [0.4, 0.5) is 0 Å². The van der Waals surface area contributed by atoms with Crippen molar-refractivity contribution < 1.29 is 4.79 Å². The molecule has 0 aliphatic rings. The van der Waals surface area contributed by atoms with Crippen LogP contribution in [0.2, 0.25) is 4.34 Å². The minimum absolute atomic E-state index is 0.717. The summed E-state index contributed by atoms with van der Waals surface area (Å²) in [6, 6.07) is 11.5. The quantitative estimate of drug-likeness (QED) is 0.600. The van der Waals surface area contributed by atoms with Gasteiger partial charge in [0, 0.05) is 21.1 Å². The first-order chi connectivity index (χ1) is 7.78. The number of hydrogen-bond acceptors (Lipinski definition) is 3. The number of aldehydes is 1. The zero-order valence-electron chi connectivity index (χ0n) is 8.35. The Kier molecular flexibility index (Phi) is 4.04. The summed E-state index contributed by atoms with van der Waals surface area (Å²) >= 11 is 9.15. The van der Waals surface area contributed by atoms with Crippen LogP contribution in [0.3, 0.4) is 0 Å². The van der Waals surface area contributed by atoms with Crippen molar-refractivity contribution in [2.24, 2.45) is 0 Å². The highest BCUT2D eigenvalue weighted by atomic mass is 35.5. The van der Waals surface area contributed by atoms with E-state index in [1.807, 2.05) is 30.3 Å². The molecule has 1 aromatic carbocycles. The second kappa shape index (κ2) is 5.53. The number of carbonyl (C=O) groups excluding carboxylic acids is 1. The molecule has 0 spiro atoms. The van der Waals surface area contributed by atoms with Crippen LogP contribution >= 0.6 is 34.7 Å². The van der Waals surface area contributed by atoms with E-state index in [1.54, 1.807) is 29.2 Å². The molecule has 0 aliphatic carbocycles. The van der Waals surface area contributed by atoms with E-state index in [1.165, 1.54) is 4.88 Å². The van der Waals surface area contributed by atoms with Gasteiger partial charge in [0.15, 0.2) is 0 Å². The lowest BCUT2D eigenvalue weighted by atomic mass is 10.2. The molecule has 0 radical (unpaired) electrons. The highest BCUT2D eigenvalue weighted by molar-refractivity contribution is 7.98. The van der Waals surface area contributed by atoms with Gasteiger partial charge in [0.25, 0.3) is 0 Å². The Hall–Kier alpha value is -0.770. The standard InChI is InChI=1S/C12H9ClOS2/c13-12-5-4-11(16-12)8-15-10-3-1-2-9(6-10)7-14/h1-7H,8H2. The molecule has 16 heavy (non-hydrogen) atoms. The average molecular weight is 269 g/mol. The number of rotatable bonds is 4. The summed E-state index contributed by atoms with van der Waals surface area (Å²) in [5.74, 6) is 0.889. The maximum Gasteiger partial charge on any atom is 0.150 e. The van der Waals surface area contributed by atoms with Crippen LogP contribution in [0.15, 0.2) is 41.3 Å². The Labute approximate surface area is 107 Å². The second-order valence-electron chi connectivity index (χ2n) is 3.18. The van der Waals surface area contributed by atoms with E-state index in [0.717, 1.165) is 21.3 Å². The Morgan fingerprint density at radius 3 is 2.88 bits per heavy atom. The van der Waals surface area contributed by atoms with Gasteiger partial charge in [0.05, 0.1) is 4.34 Å². The van der Waals surface area contributed by atoms with Crippen LogP contribution in [-0.4, -0.2) is 6.29 Å². The maximum atomic E-state index is 10.6. The molecule has 0 saturated heterocycles. The van der Waals surface area contributed by atoms with Gasteiger partial charge in [-0.15, -0.1) is 23.1 Å². The van der Waals surface area contributed by atoms with Crippen LogP contribution in [-0.2, 0) is 5.75 Å². The molecule has 1 heterocycles. The summed E-state index contributed by atoms with van der Waals surface area (Å²) in [5, 5.41) is 0.